The Labute approximate surface area is 153 Å². The van der Waals surface area contributed by atoms with Crippen LogP contribution in [0.1, 0.15) is 11.1 Å². The normalized spacial score (nSPS) is 11.7. The van der Waals surface area contributed by atoms with Gasteiger partial charge in [0.25, 0.3) is 0 Å². The molecule has 0 bridgehead atoms. The highest BCUT2D eigenvalue weighted by Crippen LogP contribution is 2.20. The van der Waals surface area contributed by atoms with Crippen LogP contribution in [0.25, 0.3) is 0 Å². The van der Waals surface area contributed by atoms with E-state index in [-0.39, 0.29) is 11.4 Å². The number of sulfonamides is 1. The summed E-state index contributed by atoms with van der Waals surface area (Å²) in [5.41, 5.74) is 1.97. The van der Waals surface area contributed by atoms with Crippen molar-refractivity contribution in [2.24, 2.45) is 0 Å². The summed E-state index contributed by atoms with van der Waals surface area (Å²) < 4.78 is 33.6. The summed E-state index contributed by atoms with van der Waals surface area (Å²) >= 11 is 0. The second-order valence-electron chi connectivity index (χ2n) is 5.97. The van der Waals surface area contributed by atoms with Crippen molar-refractivity contribution in [1.82, 2.24) is 14.1 Å². The molecule has 2 aromatic carbocycles. The van der Waals surface area contributed by atoms with Crippen LogP contribution in [-0.2, 0) is 23.1 Å². The van der Waals surface area contributed by atoms with E-state index < -0.39 is 10.0 Å². The lowest BCUT2D eigenvalue weighted by Gasteiger charge is -2.16. The Bertz CT molecular complexity index is 951. The van der Waals surface area contributed by atoms with Gasteiger partial charge in [0.2, 0.25) is 10.0 Å². The lowest BCUT2D eigenvalue weighted by Crippen LogP contribution is -2.26. The van der Waals surface area contributed by atoms with Crippen molar-refractivity contribution in [3.8, 4) is 5.75 Å². The third-order valence-corrected chi connectivity index (χ3v) is 5.86. The van der Waals surface area contributed by atoms with E-state index in [1.54, 1.807) is 49.3 Å². The summed E-state index contributed by atoms with van der Waals surface area (Å²) in [5.74, 6) is 0.619. The van der Waals surface area contributed by atoms with Crippen molar-refractivity contribution in [2.75, 3.05) is 14.2 Å². The van der Waals surface area contributed by atoms with Gasteiger partial charge in [0.05, 0.1) is 24.7 Å². The zero-order chi connectivity index (χ0) is 18.6. The maximum absolute atomic E-state index is 12.7. The van der Waals surface area contributed by atoms with E-state index >= 15 is 0 Å². The fraction of sp³-hybridized carbons (Fsp3) is 0.211. The van der Waals surface area contributed by atoms with E-state index in [2.05, 4.69) is 5.10 Å². The second kappa shape index (κ2) is 7.72. The van der Waals surface area contributed by atoms with Crippen LogP contribution in [0.15, 0.2) is 71.9 Å². The Morgan fingerprint density at radius 3 is 2.38 bits per heavy atom. The Morgan fingerprint density at radius 2 is 1.73 bits per heavy atom. The van der Waals surface area contributed by atoms with Crippen LogP contribution in [0, 0.1) is 0 Å². The molecule has 26 heavy (non-hydrogen) atoms. The van der Waals surface area contributed by atoms with Gasteiger partial charge in [-0.3, -0.25) is 4.68 Å². The maximum atomic E-state index is 12.7. The van der Waals surface area contributed by atoms with Crippen molar-refractivity contribution in [1.29, 1.82) is 0 Å². The molecular weight excluding hydrogens is 350 g/mol. The quantitative estimate of drug-likeness (QED) is 0.641. The van der Waals surface area contributed by atoms with Crippen molar-refractivity contribution in [3.63, 3.8) is 0 Å². The zero-order valence-electron chi connectivity index (χ0n) is 14.7. The summed E-state index contributed by atoms with van der Waals surface area (Å²) in [4.78, 5) is 0.234. The monoisotopic (exact) mass is 371 g/mol. The number of hydrogen-bond acceptors (Lipinski definition) is 4. The van der Waals surface area contributed by atoms with Crippen LogP contribution in [0.5, 0.6) is 5.75 Å². The highest BCUT2D eigenvalue weighted by Gasteiger charge is 2.21. The van der Waals surface area contributed by atoms with Crippen LogP contribution >= 0.6 is 0 Å². The van der Waals surface area contributed by atoms with E-state index in [0.29, 0.717) is 12.3 Å². The number of nitrogens with zero attached hydrogens (tertiary/aromatic N) is 3. The van der Waals surface area contributed by atoms with Gasteiger partial charge in [-0.2, -0.15) is 9.40 Å². The Balaban J connectivity index is 1.69. The predicted octanol–water partition coefficient (Wildman–Crippen LogP) is 2.76. The third-order valence-electron chi connectivity index (χ3n) is 4.05. The molecule has 0 N–H and O–H groups in total. The van der Waals surface area contributed by atoms with Crippen LogP contribution in [0.2, 0.25) is 0 Å². The van der Waals surface area contributed by atoms with Gasteiger partial charge in [-0.05, 0) is 29.8 Å². The lowest BCUT2D eigenvalue weighted by molar-refractivity contribution is 0.414. The fourth-order valence-corrected chi connectivity index (χ4v) is 3.77. The summed E-state index contributed by atoms with van der Waals surface area (Å²) in [7, 11) is -0.463. The average Bonchev–Trinajstić information content (AvgIpc) is 3.09. The smallest absolute Gasteiger partial charge is 0.243 e. The molecule has 6 nitrogen and oxygen atoms in total. The number of benzene rings is 2. The molecule has 0 atom stereocenters. The molecule has 0 amide bonds. The molecule has 0 aliphatic carbocycles. The van der Waals surface area contributed by atoms with E-state index in [1.165, 1.54) is 4.31 Å². The minimum absolute atomic E-state index is 0.234. The molecule has 0 radical (unpaired) electrons. The van der Waals surface area contributed by atoms with Gasteiger partial charge in [0.15, 0.2) is 0 Å². The van der Waals surface area contributed by atoms with Gasteiger partial charge < -0.3 is 4.74 Å². The molecule has 1 aromatic heterocycles. The predicted molar refractivity (Wildman–Crippen MR) is 99.4 cm³/mol. The molecule has 0 fully saturated rings. The number of ether oxygens (including phenoxy) is 1. The topological polar surface area (TPSA) is 64.4 Å². The van der Waals surface area contributed by atoms with E-state index in [4.69, 9.17) is 4.74 Å². The molecule has 0 unspecified atom stereocenters. The molecule has 0 saturated carbocycles. The van der Waals surface area contributed by atoms with E-state index in [0.717, 1.165) is 11.1 Å². The molecule has 0 aliphatic heterocycles. The molecule has 136 valence electrons. The second-order valence-corrected chi connectivity index (χ2v) is 8.01. The lowest BCUT2D eigenvalue weighted by atomic mass is 10.2. The van der Waals surface area contributed by atoms with E-state index in [1.807, 2.05) is 36.5 Å². The molecule has 0 aliphatic rings. The van der Waals surface area contributed by atoms with Crippen molar-refractivity contribution >= 4 is 10.0 Å². The Morgan fingerprint density at radius 1 is 1.04 bits per heavy atom. The highest BCUT2D eigenvalue weighted by atomic mass is 32.2. The van der Waals surface area contributed by atoms with Gasteiger partial charge >= 0.3 is 0 Å². The SMILES string of the molecule is COc1ccc(S(=O)(=O)N(C)Cc2cnn(Cc3ccccc3)c2)cc1. The van der Waals surface area contributed by atoms with E-state index in [9.17, 15) is 8.42 Å². The summed E-state index contributed by atoms with van der Waals surface area (Å²) in [6.45, 7) is 0.902. The van der Waals surface area contributed by atoms with Crippen molar-refractivity contribution in [3.05, 3.63) is 78.1 Å². The van der Waals surface area contributed by atoms with Gasteiger partial charge in [-0.25, -0.2) is 8.42 Å². The minimum atomic E-state index is -3.57. The average molecular weight is 371 g/mol. The van der Waals surface area contributed by atoms with Crippen molar-refractivity contribution < 1.29 is 13.2 Å². The Hall–Kier alpha value is -2.64. The molecule has 1 heterocycles. The fourth-order valence-electron chi connectivity index (χ4n) is 2.61. The third kappa shape index (κ3) is 4.12. The Kier molecular flexibility index (Phi) is 5.39. The standard InChI is InChI=1S/C19H21N3O3S/c1-21(26(23,24)19-10-8-18(25-2)9-11-19)13-17-12-20-22(15-17)14-16-6-4-3-5-7-16/h3-12,15H,13-14H2,1-2H3. The first-order valence-electron chi connectivity index (χ1n) is 8.14. The first kappa shape index (κ1) is 18.2. The summed E-state index contributed by atoms with van der Waals surface area (Å²) in [5, 5.41) is 4.32. The van der Waals surface area contributed by atoms with Gasteiger partial charge in [-0.15, -0.1) is 0 Å². The number of methoxy groups -OCH3 is 1. The minimum Gasteiger partial charge on any atom is -0.497 e. The van der Waals surface area contributed by atoms with Gasteiger partial charge in [0, 0.05) is 25.4 Å². The maximum Gasteiger partial charge on any atom is 0.243 e. The zero-order valence-corrected chi connectivity index (χ0v) is 15.6. The first-order chi connectivity index (χ1) is 12.5. The van der Waals surface area contributed by atoms with Crippen molar-refractivity contribution in [2.45, 2.75) is 18.0 Å². The number of rotatable bonds is 7. The molecule has 3 aromatic rings. The molecule has 0 saturated heterocycles. The molecule has 3 rings (SSSR count). The molecule has 7 heteroatoms. The van der Waals surface area contributed by atoms with Crippen LogP contribution < -0.4 is 4.74 Å². The first-order valence-corrected chi connectivity index (χ1v) is 9.59. The molecular formula is C19H21N3O3S. The van der Waals surface area contributed by atoms with Crippen LogP contribution in [0.4, 0.5) is 0 Å². The van der Waals surface area contributed by atoms with Gasteiger partial charge in [-0.1, -0.05) is 30.3 Å². The number of hydrogen-bond donors (Lipinski definition) is 0. The number of aromatic nitrogens is 2. The largest absolute Gasteiger partial charge is 0.497 e. The van der Waals surface area contributed by atoms with Crippen LogP contribution in [-0.4, -0.2) is 36.7 Å². The highest BCUT2D eigenvalue weighted by molar-refractivity contribution is 7.89. The summed E-state index contributed by atoms with van der Waals surface area (Å²) in [6, 6.07) is 16.4. The van der Waals surface area contributed by atoms with Gasteiger partial charge in [0.1, 0.15) is 5.75 Å². The van der Waals surface area contributed by atoms with Crippen LogP contribution in [0.3, 0.4) is 0 Å². The molecule has 0 spiro atoms. The summed E-state index contributed by atoms with van der Waals surface area (Å²) in [6.07, 6.45) is 3.57.